The highest BCUT2D eigenvalue weighted by molar-refractivity contribution is 6.30. The Morgan fingerprint density at radius 3 is 2.52 bits per heavy atom. The van der Waals surface area contributed by atoms with Crippen molar-refractivity contribution in [2.24, 2.45) is 0 Å². The lowest BCUT2D eigenvalue weighted by molar-refractivity contribution is -0.133. The Hall–Kier alpha value is -2.33. The molecule has 1 atom stereocenters. The van der Waals surface area contributed by atoms with Gasteiger partial charge in [0.25, 0.3) is 0 Å². The van der Waals surface area contributed by atoms with Gasteiger partial charge in [-0.05, 0) is 36.2 Å². The van der Waals surface area contributed by atoms with Gasteiger partial charge in [-0.15, -0.1) is 0 Å². The van der Waals surface area contributed by atoms with E-state index in [0.29, 0.717) is 24.4 Å². The number of anilines is 1. The summed E-state index contributed by atoms with van der Waals surface area (Å²) in [6, 6.07) is 16.2. The molecule has 1 heterocycles. The van der Waals surface area contributed by atoms with Crippen molar-refractivity contribution in [1.82, 2.24) is 4.90 Å². The fraction of sp³-hybridized carbons (Fsp3) is 0.222. The molecule has 2 aromatic rings. The molecule has 1 N–H and O–H groups in total. The fourth-order valence-corrected chi connectivity index (χ4v) is 2.86. The van der Waals surface area contributed by atoms with Gasteiger partial charge in [-0.3, -0.25) is 9.59 Å². The largest absolute Gasteiger partial charge is 0.326 e. The van der Waals surface area contributed by atoms with E-state index in [-0.39, 0.29) is 11.8 Å². The summed E-state index contributed by atoms with van der Waals surface area (Å²) in [7, 11) is 0. The lowest BCUT2D eigenvalue weighted by atomic mass is 10.1. The Morgan fingerprint density at radius 1 is 1.13 bits per heavy atom. The lowest BCUT2D eigenvalue weighted by Gasteiger charge is -2.24. The van der Waals surface area contributed by atoms with Gasteiger partial charge in [-0.1, -0.05) is 41.9 Å². The number of para-hydroxylation sites is 1. The molecule has 0 saturated carbocycles. The molecule has 23 heavy (non-hydrogen) atoms. The molecule has 1 aliphatic rings. The quantitative estimate of drug-likeness (QED) is 0.934. The van der Waals surface area contributed by atoms with Crippen molar-refractivity contribution in [2.75, 3.05) is 5.32 Å². The van der Waals surface area contributed by atoms with E-state index in [1.165, 1.54) is 0 Å². The van der Waals surface area contributed by atoms with E-state index in [1.807, 2.05) is 42.5 Å². The summed E-state index contributed by atoms with van der Waals surface area (Å²) in [6.45, 7) is 0.420. The Labute approximate surface area is 140 Å². The third-order valence-corrected chi connectivity index (χ3v) is 4.19. The maximum atomic E-state index is 12.5. The van der Waals surface area contributed by atoms with Crippen LogP contribution in [0, 0.1) is 0 Å². The summed E-state index contributed by atoms with van der Waals surface area (Å²) in [4.78, 5) is 26.3. The number of amides is 2. The van der Waals surface area contributed by atoms with E-state index in [2.05, 4.69) is 5.32 Å². The lowest BCUT2D eigenvalue weighted by Crippen LogP contribution is -2.41. The molecule has 2 aromatic carbocycles. The van der Waals surface area contributed by atoms with Crippen LogP contribution in [0.2, 0.25) is 5.02 Å². The van der Waals surface area contributed by atoms with Crippen molar-refractivity contribution in [3.8, 4) is 0 Å². The molecule has 5 heteroatoms. The Balaban J connectivity index is 1.71. The van der Waals surface area contributed by atoms with Crippen molar-refractivity contribution in [1.29, 1.82) is 0 Å². The zero-order valence-corrected chi connectivity index (χ0v) is 13.3. The van der Waals surface area contributed by atoms with E-state index >= 15 is 0 Å². The summed E-state index contributed by atoms with van der Waals surface area (Å²) >= 11 is 5.88. The van der Waals surface area contributed by atoms with E-state index in [1.54, 1.807) is 17.0 Å². The maximum absolute atomic E-state index is 12.5. The van der Waals surface area contributed by atoms with E-state index in [0.717, 1.165) is 11.3 Å². The zero-order chi connectivity index (χ0) is 16.2. The molecule has 0 unspecified atom stereocenters. The van der Waals surface area contributed by atoms with Gasteiger partial charge in [0.15, 0.2) is 0 Å². The summed E-state index contributed by atoms with van der Waals surface area (Å²) in [5.74, 6) is -0.135. The molecule has 0 spiro atoms. The van der Waals surface area contributed by atoms with Crippen LogP contribution in [0.4, 0.5) is 5.69 Å². The first kappa shape index (κ1) is 15.6. The number of likely N-dealkylation sites (tertiary alicyclic amines) is 1. The number of hydrogen-bond donors (Lipinski definition) is 1. The Bertz CT molecular complexity index is 701. The number of carbonyl (C=O) groups excluding carboxylic acids is 2. The molecule has 1 saturated heterocycles. The minimum atomic E-state index is -0.432. The Kier molecular flexibility index (Phi) is 4.63. The third-order valence-electron chi connectivity index (χ3n) is 3.94. The first-order valence-corrected chi connectivity index (χ1v) is 7.91. The standard InChI is InChI=1S/C18H17ClN2O2/c19-14-8-6-13(7-9-14)12-21-16(10-11-17(21)22)18(23)20-15-4-2-1-3-5-15/h1-9,16H,10-12H2,(H,20,23)/t16-/m1/s1. The predicted octanol–water partition coefficient (Wildman–Crippen LogP) is 3.47. The molecule has 1 aliphatic heterocycles. The van der Waals surface area contributed by atoms with E-state index < -0.39 is 6.04 Å². The summed E-state index contributed by atoms with van der Waals surface area (Å²) in [5.41, 5.74) is 1.70. The van der Waals surface area contributed by atoms with Gasteiger partial charge in [0.1, 0.15) is 6.04 Å². The van der Waals surface area contributed by atoms with Gasteiger partial charge in [-0.25, -0.2) is 0 Å². The molecule has 0 aromatic heterocycles. The van der Waals surface area contributed by atoms with Crippen LogP contribution in [0.25, 0.3) is 0 Å². The van der Waals surface area contributed by atoms with Gasteiger partial charge in [0, 0.05) is 23.7 Å². The maximum Gasteiger partial charge on any atom is 0.247 e. The molecule has 118 valence electrons. The van der Waals surface area contributed by atoms with Crippen molar-refractivity contribution in [2.45, 2.75) is 25.4 Å². The smallest absolute Gasteiger partial charge is 0.247 e. The van der Waals surface area contributed by atoms with Crippen LogP contribution in [0.1, 0.15) is 18.4 Å². The molecular weight excluding hydrogens is 312 g/mol. The number of hydrogen-bond acceptors (Lipinski definition) is 2. The number of nitrogens with one attached hydrogen (secondary N) is 1. The molecule has 0 aliphatic carbocycles. The molecule has 3 rings (SSSR count). The third kappa shape index (κ3) is 3.71. The van der Waals surface area contributed by atoms with Crippen LogP contribution in [0.3, 0.4) is 0 Å². The van der Waals surface area contributed by atoms with Crippen molar-refractivity contribution < 1.29 is 9.59 Å². The second-order valence-electron chi connectivity index (χ2n) is 5.56. The van der Waals surface area contributed by atoms with Crippen LogP contribution in [0.5, 0.6) is 0 Å². The monoisotopic (exact) mass is 328 g/mol. The first-order chi connectivity index (χ1) is 11.1. The number of benzene rings is 2. The van der Waals surface area contributed by atoms with Crippen LogP contribution in [0.15, 0.2) is 54.6 Å². The van der Waals surface area contributed by atoms with Crippen LogP contribution < -0.4 is 5.32 Å². The average Bonchev–Trinajstić information content (AvgIpc) is 2.92. The topological polar surface area (TPSA) is 49.4 Å². The summed E-state index contributed by atoms with van der Waals surface area (Å²) in [5, 5.41) is 3.53. The van der Waals surface area contributed by atoms with Gasteiger partial charge in [-0.2, -0.15) is 0 Å². The average molecular weight is 329 g/mol. The fourth-order valence-electron chi connectivity index (χ4n) is 2.74. The number of carbonyl (C=O) groups is 2. The number of rotatable bonds is 4. The summed E-state index contributed by atoms with van der Waals surface area (Å²) < 4.78 is 0. The van der Waals surface area contributed by atoms with Gasteiger partial charge < -0.3 is 10.2 Å². The van der Waals surface area contributed by atoms with E-state index in [4.69, 9.17) is 11.6 Å². The minimum absolute atomic E-state index is 0.00756. The van der Waals surface area contributed by atoms with E-state index in [9.17, 15) is 9.59 Å². The van der Waals surface area contributed by atoms with Gasteiger partial charge in [0.05, 0.1) is 0 Å². The number of halogens is 1. The van der Waals surface area contributed by atoms with Gasteiger partial charge in [0.2, 0.25) is 11.8 Å². The molecule has 1 fully saturated rings. The predicted molar refractivity (Wildman–Crippen MR) is 90.1 cm³/mol. The van der Waals surface area contributed by atoms with Crippen molar-refractivity contribution >= 4 is 29.1 Å². The van der Waals surface area contributed by atoms with Crippen LogP contribution in [-0.2, 0) is 16.1 Å². The second-order valence-corrected chi connectivity index (χ2v) is 5.99. The first-order valence-electron chi connectivity index (χ1n) is 7.53. The number of nitrogens with zero attached hydrogens (tertiary/aromatic N) is 1. The molecule has 2 amide bonds. The van der Waals surface area contributed by atoms with Crippen LogP contribution in [-0.4, -0.2) is 22.8 Å². The SMILES string of the molecule is O=C(Nc1ccccc1)[C@H]1CCC(=O)N1Cc1ccc(Cl)cc1. The summed E-state index contributed by atoms with van der Waals surface area (Å²) in [6.07, 6.45) is 0.950. The highest BCUT2D eigenvalue weighted by atomic mass is 35.5. The molecular formula is C18H17ClN2O2. The van der Waals surface area contributed by atoms with Gasteiger partial charge >= 0.3 is 0 Å². The van der Waals surface area contributed by atoms with Crippen LogP contribution >= 0.6 is 11.6 Å². The second kappa shape index (κ2) is 6.84. The molecule has 4 nitrogen and oxygen atoms in total. The van der Waals surface area contributed by atoms with Crippen molar-refractivity contribution in [3.05, 3.63) is 65.2 Å². The minimum Gasteiger partial charge on any atom is -0.326 e. The Morgan fingerprint density at radius 2 is 1.83 bits per heavy atom. The molecule has 0 radical (unpaired) electrons. The molecule has 0 bridgehead atoms. The normalized spacial score (nSPS) is 17.3. The van der Waals surface area contributed by atoms with Crippen molar-refractivity contribution in [3.63, 3.8) is 0 Å². The highest BCUT2D eigenvalue weighted by Crippen LogP contribution is 2.23. The zero-order valence-electron chi connectivity index (χ0n) is 12.5. The highest BCUT2D eigenvalue weighted by Gasteiger charge is 2.35.